The number of hydrogen-bond acceptors (Lipinski definition) is 9. The number of fused-ring (bicyclic) bond motifs is 1. The van der Waals surface area contributed by atoms with Crippen LogP contribution in [0.15, 0.2) is 77.5 Å². The van der Waals surface area contributed by atoms with Crippen LogP contribution >= 0.6 is 11.6 Å². The largest absolute Gasteiger partial charge is 0.496 e. The maximum absolute atomic E-state index is 13.5. The summed E-state index contributed by atoms with van der Waals surface area (Å²) in [6.07, 6.45) is 2.26. The van der Waals surface area contributed by atoms with Gasteiger partial charge >= 0.3 is 0 Å². The molecule has 5 aromatic rings. The van der Waals surface area contributed by atoms with Crippen LogP contribution in [0, 0.1) is 5.82 Å². The molecule has 3 aromatic carbocycles. The number of ether oxygens (including phenoxy) is 2. The lowest BCUT2D eigenvalue weighted by Gasteiger charge is -2.13. The molecule has 0 aliphatic heterocycles. The molecule has 0 saturated carbocycles. The predicted molar refractivity (Wildman–Crippen MR) is 160 cm³/mol. The number of aromatic nitrogens is 2. The molecule has 12 heteroatoms. The summed E-state index contributed by atoms with van der Waals surface area (Å²) in [6.45, 7) is 1.23. The zero-order valence-electron chi connectivity index (χ0n) is 23.2. The molecule has 5 rings (SSSR count). The van der Waals surface area contributed by atoms with E-state index in [1.807, 2.05) is 30.3 Å². The lowest BCUT2D eigenvalue weighted by Crippen LogP contribution is -2.21. The summed E-state index contributed by atoms with van der Waals surface area (Å²) in [5, 5.41) is 16.2. The Morgan fingerprint density at radius 1 is 1.07 bits per heavy atom. The van der Waals surface area contributed by atoms with Gasteiger partial charge in [-0.25, -0.2) is 19.8 Å². The average molecular weight is 606 g/mol. The van der Waals surface area contributed by atoms with Gasteiger partial charge in [-0.3, -0.25) is 10.0 Å². The minimum Gasteiger partial charge on any atom is -0.496 e. The van der Waals surface area contributed by atoms with E-state index in [9.17, 15) is 9.18 Å². The molecule has 0 bridgehead atoms. The van der Waals surface area contributed by atoms with Gasteiger partial charge < -0.3 is 24.5 Å². The number of amides is 1. The first-order chi connectivity index (χ1) is 20.9. The number of furan rings is 1. The number of benzene rings is 3. The van der Waals surface area contributed by atoms with Crippen molar-refractivity contribution >= 4 is 39.9 Å². The van der Waals surface area contributed by atoms with Gasteiger partial charge in [0.05, 0.1) is 29.8 Å². The number of anilines is 2. The van der Waals surface area contributed by atoms with E-state index in [2.05, 4.69) is 20.6 Å². The molecular weight excluding hydrogens is 577 g/mol. The van der Waals surface area contributed by atoms with Crippen molar-refractivity contribution in [1.29, 1.82) is 0 Å². The van der Waals surface area contributed by atoms with Crippen LogP contribution in [0.5, 0.6) is 11.5 Å². The van der Waals surface area contributed by atoms with Gasteiger partial charge in [0.2, 0.25) is 5.91 Å². The van der Waals surface area contributed by atoms with E-state index in [4.69, 9.17) is 30.7 Å². The van der Waals surface area contributed by atoms with Crippen molar-refractivity contribution in [2.45, 2.75) is 26.0 Å². The maximum Gasteiger partial charge on any atom is 0.243 e. The second kappa shape index (κ2) is 14.0. The smallest absolute Gasteiger partial charge is 0.243 e. The second-order valence-corrected chi connectivity index (χ2v) is 9.97. The van der Waals surface area contributed by atoms with E-state index >= 15 is 0 Å². The zero-order valence-corrected chi connectivity index (χ0v) is 24.0. The Hall–Kier alpha value is -4.71. The minimum atomic E-state index is -0.421. The summed E-state index contributed by atoms with van der Waals surface area (Å²) in [5.41, 5.74) is 4.39. The molecule has 1 amide bonds. The van der Waals surface area contributed by atoms with Gasteiger partial charge in [-0.15, -0.1) is 0 Å². The molecule has 43 heavy (non-hydrogen) atoms. The number of halogens is 2. The van der Waals surface area contributed by atoms with Crippen molar-refractivity contribution in [2.24, 2.45) is 0 Å². The quantitative estimate of drug-likeness (QED) is 0.0685. The van der Waals surface area contributed by atoms with Crippen LogP contribution in [-0.4, -0.2) is 34.7 Å². The third-order valence-corrected chi connectivity index (χ3v) is 6.84. The Balaban J connectivity index is 1.31. The lowest BCUT2D eigenvalue weighted by molar-refractivity contribution is -0.129. The van der Waals surface area contributed by atoms with E-state index in [1.165, 1.54) is 18.5 Å². The van der Waals surface area contributed by atoms with Crippen molar-refractivity contribution in [3.05, 3.63) is 95.2 Å². The third-order valence-electron chi connectivity index (χ3n) is 6.54. The van der Waals surface area contributed by atoms with Crippen LogP contribution in [0.2, 0.25) is 5.02 Å². The predicted octanol–water partition coefficient (Wildman–Crippen LogP) is 6.39. The molecule has 4 N–H and O–H groups in total. The van der Waals surface area contributed by atoms with Gasteiger partial charge in [0.1, 0.15) is 47.6 Å². The summed E-state index contributed by atoms with van der Waals surface area (Å²) >= 11 is 6.50. The number of methoxy groups -OCH3 is 1. The molecule has 0 saturated heterocycles. The van der Waals surface area contributed by atoms with Crippen LogP contribution in [0.3, 0.4) is 0 Å². The van der Waals surface area contributed by atoms with Gasteiger partial charge in [0, 0.05) is 23.6 Å². The Labute approximate surface area is 251 Å². The molecule has 0 fully saturated rings. The lowest BCUT2D eigenvalue weighted by atomic mass is 10.1. The fraction of sp³-hybridized carbons (Fsp3) is 0.194. The van der Waals surface area contributed by atoms with Gasteiger partial charge in [-0.05, 0) is 67.1 Å². The minimum absolute atomic E-state index is 0.180. The molecule has 10 nitrogen and oxygen atoms in total. The molecule has 0 aliphatic carbocycles. The Bertz CT molecular complexity index is 1730. The number of carbonyl (C=O) groups is 1. The van der Waals surface area contributed by atoms with E-state index in [0.29, 0.717) is 70.1 Å². The van der Waals surface area contributed by atoms with Gasteiger partial charge in [0.15, 0.2) is 0 Å². The fourth-order valence-electron chi connectivity index (χ4n) is 4.42. The van der Waals surface area contributed by atoms with Crippen molar-refractivity contribution in [3.63, 3.8) is 0 Å². The first-order valence-corrected chi connectivity index (χ1v) is 13.8. The topological polar surface area (TPSA) is 131 Å². The number of nitrogens with one attached hydrogen (secondary N) is 3. The number of hydrogen-bond donors (Lipinski definition) is 4. The summed E-state index contributed by atoms with van der Waals surface area (Å²) < 4.78 is 31.0. The number of carbonyl (C=O) groups excluding carboxylic acids is 1. The monoisotopic (exact) mass is 605 g/mol. The van der Waals surface area contributed by atoms with Crippen LogP contribution in [0.25, 0.3) is 22.2 Å². The van der Waals surface area contributed by atoms with Gasteiger partial charge in [0.25, 0.3) is 0 Å². The summed E-state index contributed by atoms with van der Waals surface area (Å²) in [4.78, 5) is 20.0. The average Bonchev–Trinajstić information content (AvgIpc) is 3.48. The van der Waals surface area contributed by atoms with E-state index in [1.54, 1.807) is 36.9 Å². The normalized spacial score (nSPS) is 11.0. The zero-order chi connectivity index (χ0) is 30.2. The van der Waals surface area contributed by atoms with Crippen LogP contribution in [-0.2, 0) is 17.9 Å². The SMILES string of the molecule is COc1cc2ncnc(Nc3ccc(OCc4cccc(F)c4)c(Cl)c3)c2cc1-c1ccc(CNCCCC(=O)NO)o1. The van der Waals surface area contributed by atoms with Crippen molar-refractivity contribution in [2.75, 3.05) is 19.0 Å². The van der Waals surface area contributed by atoms with Gasteiger partial charge in [-0.2, -0.15) is 0 Å². The summed E-state index contributed by atoms with van der Waals surface area (Å²) in [6, 6.07) is 18.9. The molecule has 2 aromatic heterocycles. The third kappa shape index (κ3) is 7.58. The summed E-state index contributed by atoms with van der Waals surface area (Å²) in [7, 11) is 1.58. The molecule has 0 unspecified atom stereocenters. The Morgan fingerprint density at radius 2 is 1.95 bits per heavy atom. The summed E-state index contributed by atoms with van der Waals surface area (Å²) in [5.74, 6) is 2.18. The van der Waals surface area contributed by atoms with Crippen LogP contribution in [0.4, 0.5) is 15.9 Å². The number of rotatable bonds is 13. The first kappa shape index (κ1) is 29.8. The van der Waals surface area contributed by atoms with E-state index in [-0.39, 0.29) is 18.8 Å². The van der Waals surface area contributed by atoms with E-state index in [0.717, 1.165) is 10.9 Å². The van der Waals surface area contributed by atoms with Crippen LogP contribution < -0.4 is 25.6 Å². The number of hydroxylamine groups is 1. The molecule has 0 radical (unpaired) electrons. The van der Waals surface area contributed by atoms with Gasteiger partial charge in [-0.1, -0.05) is 23.7 Å². The van der Waals surface area contributed by atoms with Crippen molar-refractivity contribution in [3.8, 4) is 22.8 Å². The standard InChI is InChI=1S/C31H29ClFN5O5/c1-41-29-15-26-23(14-24(29)27-10-8-22(43-27)16-34-11-3-6-30(39)38-40)31(36-18-35-26)37-21-7-9-28(25(32)13-21)42-17-19-4-2-5-20(33)12-19/h2,4-5,7-10,12-15,18,34,40H,3,6,11,16-17H2,1H3,(H,38,39)(H,35,36,37). The molecule has 222 valence electrons. The second-order valence-electron chi connectivity index (χ2n) is 9.56. The highest BCUT2D eigenvalue weighted by Crippen LogP contribution is 2.37. The van der Waals surface area contributed by atoms with Crippen molar-refractivity contribution < 1.29 is 28.3 Å². The Morgan fingerprint density at radius 3 is 2.74 bits per heavy atom. The molecule has 0 aliphatic rings. The maximum atomic E-state index is 13.5. The Kier molecular flexibility index (Phi) is 9.67. The highest BCUT2D eigenvalue weighted by molar-refractivity contribution is 6.32. The molecule has 0 spiro atoms. The number of nitrogens with zero attached hydrogens (tertiary/aromatic N) is 2. The highest BCUT2D eigenvalue weighted by atomic mass is 35.5. The highest BCUT2D eigenvalue weighted by Gasteiger charge is 2.16. The fourth-order valence-corrected chi connectivity index (χ4v) is 4.66. The first-order valence-electron chi connectivity index (χ1n) is 13.4. The van der Waals surface area contributed by atoms with Crippen molar-refractivity contribution in [1.82, 2.24) is 20.8 Å². The molecular formula is C31H29ClFN5O5. The van der Waals surface area contributed by atoms with Crippen LogP contribution in [0.1, 0.15) is 24.2 Å². The molecule has 2 heterocycles. The van der Waals surface area contributed by atoms with E-state index < -0.39 is 5.91 Å². The molecule has 0 atom stereocenters.